The van der Waals surface area contributed by atoms with Gasteiger partial charge in [-0.05, 0) is 51.1 Å². The van der Waals surface area contributed by atoms with Crippen molar-refractivity contribution in [3.8, 4) is 11.1 Å². The highest BCUT2D eigenvalue weighted by Crippen LogP contribution is 2.32. The van der Waals surface area contributed by atoms with Gasteiger partial charge in [-0.25, -0.2) is 0 Å². The van der Waals surface area contributed by atoms with Gasteiger partial charge in [0.2, 0.25) is 0 Å². The maximum Gasteiger partial charge on any atom is 0.0707 e. The number of allylic oxidation sites excluding steroid dienone is 5. The molecule has 0 aliphatic carbocycles. The summed E-state index contributed by atoms with van der Waals surface area (Å²) in [6.07, 6.45) is 12.0. The van der Waals surface area contributed by atoms with E-state index in [0.717, 1.165) is 16.8 Å². The fourth-order valence-corrected chi connectivity index (χ4v) is 3.88. The Morgan fingerprint density at radius 3 is 1.97 bits per heavy atom. The first-order chi connectivity index (χ1) is 15.7. The first-order valence-electron chi connectivity index (χ1n) is 10.8. The molecule has 156 valence electrons. The molecule has 0 saturated heterocycles. The van der Waals surface area contributed by atoms with Crippen molar-refractivity contribution in [2.24, 2.45) is 0 Å². The number of dihydropyridines is 1. The van der Waals surface area contributed by atoms with Gasteiger partial charge < -0.3 is 5.32 Å². The first kappa shape index (κ1) is 21.1. The van der Waals surface area contributed by atoms with Crippen molar-refractivity contribution in [1.82, 2.24) is 5.32 Å². The Hall–Kier alpha value is -4.10. The van der Waals surface area contributed by atoms with E-state index < -0.39 is 0 Å². The molecular weight excluding hydrogens is 386 g/mol. The maximum absolute atomic E-state index is 3.99. The fourth-order valence-electron chi connectivity index (χ4n) is 3.88. The zero-order valence-electron chi connectivity index (χ0n) is 18.2. The molecule has 0 bridgehead atoms. The summed E-state index contributed by atoms with van der Waals surface area (Å²) < 4.78 is 0. The first-order valence-corrected chi connectivity index (χ1v) is 10.8. The van der Waals surface area contributed by atoms with Crippen LogP contribution in [-0.4, -0.2) is 0 Å². The molecule has 1 unspecified atom stereocenters. The number of benzene rings is 3. The Morgan fingerprint density at radius 1 is 0.750 bits per heavy atom. The summed E-state index contributed by atoms with van der Waals surface area (Å²) in [7, 11) is 0. The number of hydrogen-bond donors (Lipinski definition) is 1. The molecule has 3 aromatic rings. The SMILES string of the molecule is C=C/C=C(\C=C)C1=CC(c2ccc(-c3ccc(C=C)cc3)cc2)=CC(c2ccccc2)N1. The van der Waals surface area contributed by atoms with Gasteiger partial charge in [-0.1, -0.05) is 123 Å². The van der Waals surface area contributed by atoms with Crippen LogP contribution in [0.4, 0.5) is 0 Å². The summed E-state index contributed by atoms with van der Waals surface area (Å²) in [4.78, 5) is 0. The molecule has 1 atom stereocenters. The van der Waals surface area contributed by atoms with Gasteiger partial charge in [0.1, 0.15) is 0 Å². The largest absolute Gasteiger partial charge is 0.374 e. The molecule has 0 fully saturated rings. The van der Waals surface area contributed by atoms with Crippen LogP contribution in [0.2, 0.25) is 0 Å². The third kappa shape index (κ3) is 4.63. The summed E-state index contributed by atoms with van der Waals surface area (Å²) in [5.41, 5.74) is 9.15. The van der Waals surface area contributed by atoms with Crippen LogP contribution in [-0.2, 0) is 0 Å². The number of nitrogens with one attached hydrogen (secondary N) is 1. The monoisotopic (exact) mass is 413 g/mol. The Kier molecular flexibility index (Phi) is 6.48. The molecule has 1 aliphatic heterocycles. The summed E-state index contributed by atoms with van der Waals surface area (Å²) in [6, 6.07) is 27.7. The molecule has 0 saturated carbocycles. The average molecular weight is 414 g/mol. The smallest absolute Gasteiger partial charge is 0.0707 e. The van der Waals surface area contributed by atoms with Gasteiger partial charge in [-0.2, -0.15) is 0 Å². The van der Waals surface area contributed by atoms with E-state index in [-0.39, 0.29) is 6.04 Å². The maximum atomic E-state index is 3.99. The molecule has 1 nitrogen and oxygen atoms in total. The summed E-state index contributed by atoms with van der Waals surface area (Å²) in [5.74, 6) is 0. The van der Waals surface area contributed by atoms with Crippen molar-refractivity contribution in [2.75, 3.05) is 0 Å². The fraction of sp³-hybridized carbons (Fsp3) is 0.0323. The second kappa shape index (κ2) is 9.80. The molecule has 0 aromatic heterocycles. The van der Waals surface area contributed by atoms with Crippen LogP contribution in [0, 0.1) is 0 Å². The van der Waals surface area contributed by atoms with Crippen molar-refractivity contribution < 1.29 is 0 Å². The lowest BCUT2D eigenvalue weighted by atomic mass is 9.92. The zero-order chi connectivity index (χ0) is 22.3. The third-order valence-electron chi connectivity index (χ3n) is 5.64. The van der Waals surface area contributed by atoms with Crippen LogP contribution in [0.1, 0.15) is 22.7 Å². The number of hydrogen-bond acceptors (Lipinski definition) is 1. The van der Waals surface area contributed by atoms with Crippen LogP contribution in [0.3, 0.4) is 0 Å². The van der Waals surface area contributed by atoms with Crippen molar-refractivity contribution in [2.45, 2.75) is 6.04 Å². The second-order valence-corrected chi connectivity index (χ2v) is 7.68. The van der Waals surface area contributed by atoms with E-state index in [9.17, 15) is 0 Å². The molecular formula is C31H27N. The molecule has 0 spiro atoms. The van der Waals surface area contributed by atoms with Crippen LogP contribution in [0.5, 0.6) is 0 Å². The summed E-state index contributed by atoms with van der Waals surface area (Å²) >= 11 is 0. The van der Waals surface area contributed by atoms with Crippen molar-refractivity contribution in [3.05, 3.63) is 157 Å². The predicted molar refractivity (Wildman–Crippen MR) is 139 cm³/mol. The minimum absolute atomic E-state index is 0.0745. The van der Waals surface area contributed by atoms with Gasteiger partial charge in [0.15, 0.2) is 0 Å². The van der Waals surface area contributed by atoms with E-state index in [2.05, 4.69) is 110 Å². The normalized spacial score (nSPS) is 15.8. The lowest BCUT2D eigenvalue weighted by Gasteiger charge is -2.26. The predicted octanol–water partition coefficient (Wildman–Crippen LogP) is 7.91. The van der Waals surface area contributed by atoms with E-state index in [4.69, 9.17) is 0 Å². The van der Waals surface area contributed by atoms with Crippen molar-refractivity contribution in [1.29, 1.82) is 0 Å². The highest BCUT2D eigenvalue weighted by Gasteiger charge is 2.18. The van der Waals surface area contributed by atoms with Gasteiger partial charge in [0, 0.05) is 5.70 Å². The molecule has 1 heteroatoms. The molecule has 3 aromatic carbocycles. The standard InChI is InChI=1S/C31H27N/c1-4-10-24(6-3)30-21-29(22-31(32-30)28-11-8-7-9-12-28)27-19-17-26(18-20-27)25-15-13-23(5-2)14-16-25/h4-22,31-32H,1-3H2/b24-10+. The minimum Gasteiger partial charge on any atom is -0.374 e. The average Bonchev–Trinajstić information content (AvgIpc) is 2.87. The highest BCUT2D eigenvalue weighted by molar-refractivity contribution is 5.79. The lowest BCUT2D eigenvalue weighted by Crippen LogP contribution is -2.23. The van der Waals surface area contributed by atoms with Crippen LogP contribution in [0.25, 0.3) is 22.8 Å². The van der Waals surface area contributed by atoms with E-state index in [1.165, 1.54) is 27.8 Å². The van der Waals surface area contributed by atoms with Crippen LogP contribution < -0.4 is 5.32 Å². The van der Waals surface area contributed by atoms with Crippen molar-refractivity contribution in [3.63, 3.8) is 0 Å². The van der Waals surface area contributed by atoms with Gasteiger partial charge in [0.05, 0.1) is 6.04 Å². The summed E-state index contributed by atoms with van der Waals surface area (Å²) in [5, 5.41) is 3.64. The van der Waals surface area contributed by atoms with E-state index >= 15 is 0 Å². The topological polar surface area (TPSA) is 12.0 Å². The molecule has 1 N–H and O–H groups in total. The minimum atomic E-state index is 0.0745. The quantitative estimate of drug-likeness (QED) is 0.388. The highest BCUT2D eigenvalue weighted by atomic mass is 14.9. The second-order valence-electron chi connectivity index (χ2n) is 7.68. The molecule has 0 radical (unpaired) electrons. The van der Waals surface area contributed by atoms with Gasteiger partial charge >= 0.3 is 0 Å². The molecule has 32 heavy (non-hydrogen) atoms. The van der Waals surface area contributed by atoms with Gasteiger partial charge in [0.25, 0.3) is 0 Å². The number of rotatable bonds is 7. The van der Waals surface area contributed by atoms with Gasteiger partial charge in [-0.15, -0.1) is 0 Å². The van der Waals surface area contributed by atoms with Crippen LogP contribution >= 0.6 is 0 Å². The third-order valence-corrected chi connectivity index (χ3v) is 5.64. The van der Waals surface area contributed by atoms with E-state index in [1.807, 2.05) is 24.3 Å². The molecule has 1 aliphatic rings. The molecule has 0 amide bonds. The van der Waals surface area contributed by atoms with E-state index in [1.54, 1.807) is 6.08 Å². The Balaban J connectivity index is 1.71. The van der Waals surface area contributed by atoms with E-state index in [0.29, 0.717) is 0 Å². The molecule has 4 rings (SSSR count). The van der Waals surface area contributed by atoms with Crippen LogP contribution in [0.15, 0.2) is 140 Å². The van der Waals surface area contributed by atoms with Crippen molar-refractivity contribution >= 4 is 11.6 Å². The Bertz CT molecular complexity index is 1200. The summed E-state index contributed by atoms with van der Waals surface area (Å²) in [6.45, 7) is 11.7. The molecule has 1 heterocycles. The Labute approximate surface area is 191 Å². The lowest BCUT2D eigenvalue weighted by molar-refractivity contribution is 0.717. The Morgan fingerprint density at radius 2 is 1.38 bits per heavy atom. The van der Waals surface area contributed by atoms with Gasteiger partial charge in [-0.3, -0.25) is 0 Å². The zero-order valence-corrected chi connectivity index (χ0v) is 18.2.